The zero-order chi connectivity index (χ0) is 13.9. The Balaban J connectivity index is 1.89. The summed E-state index contributed by atoms with van der Waals surface area (Å²) in [5, 5.41) is 19.9. The number of H-pyrrole nitrogens is 1. The van der Waals surface area contributed by atoms with Gasteiger partial charge in [0.05, 0.1) is 5.60 Å². The van der Waals surface area contributed by atoms with Crippen molar-refractivity contribution in [2.24, 2.45) is 0 Å². The molecule has 1 aliphatic rings. The second kappa shape index (κ2) is 5.96. The summed E-state index contributed by atoms with van der Waals surface area (Å²) in [6.07, 6.45) is 1.46. The van der Waals surface area contributed by atoms with E-state index in [2.05, 4.69) is 15.5 Å². The fourth-order valence-corrected chi connectivity index (χ4v) is 3.26. The molecule has 6 heteroatoms. The molecule has 3 N–H and O–H groups in total. The van der Waals surface area contributed by atoms with Crippen LogP contribution in [0.15, 0.2) is 6.07 Å². The molecule has 1 aliphatic heterocycles. The third-order valence-electron chi connectivity index (χ3n) is 3.45. The van der Waals surface area contributed by atoms with E-state index >= 15 is 0 Å². The number of nitrogens with zero attached hydrogens (tertiary/aromatic N) is 1. The Hall–Kier alpha value is -1.01. The van der Waals surface area contributed by atoms with Crippen LogP contribution in [-0.2, 0) is 0 Å². The molecule has 106 valence electrons. The van der Waals surface area contributed by atoms with Crippen molar-refractivity contribution in [1.29, 1.82) is 0 Å². The average molecular weight is 283 g/mol. The molecule has 1 aromatic heterocycles. The highest BCUT2D eigenvalue weighted by atomic mass is 32.2. The van der Waals surface area contributed by atoms with Crippen LogP contribution in [0.3, 0.4) is 0 Å². The number of hydrogen-bond acceptors (Lipinski definition) is 4. The molecule has 0 aliphatic carbocycles. The van der Waals surface area contributed by atoms with E-state index in [4.69, 9.17) is 0 Å². The topological polar surface area (TPSA) is 78.0 Å². The van der Waals surface area contributed by atoms with Crippen molar-refractivity contribution >= 4 is 17.7 Å². The van der Waals surface area contributed by atoms with Gasteiger partial charge in [-0.2, -0.15) is 16.9 Å². The lowest BCUT2D eigenvalue weighted by molar-refractivity contribution is 0.0310. The summed E-state index contributed by atoms with van der Waals surface area (Å²) in [5.41, 5.74) is 0.577. The third kappa shape index (κ3) is 3.73. The Labute approximate surface area is 117 Å². The number of thioether (sulfide) groups is 1. The van der Waals surface area contributed by atoms with Crippen LogP contribution in [0.1, 0.15) is 48.8 Å². The fourth-order valence-electron chi connectivity index (χ4n) is 2.01. The molecule has 0 radical (unpaired) electrons. The number of rotatable bonds is 4. The first kappa shape index (κ1) is 14.4. The van der Waals surface area contributed by atoms with Crippen molar-refractivity contribution in [2.45, 2.75) is 38.2 Å². The van der Waals surface area contributed by atoms with Crippen molar-refractivity contribution in [3.63, 3.8) is 0 Å². The predicted molar refractivity (Wildman–Crippen MR) is 76.5 cm³/mol. The highest BCUT2D eigenvalue weighted by Crippen LogP contribution is 2.26. The Morgan fingerprint density at radius 3 is 2.84 bits per heavy atom. The number of nitrogens with one attached hydrogen (secondary N) is 2. The fraction of sp³-hybridized carbons (Fsp3) is 0.692. The van der Waals surface area contributed by atoms with Gasteiger partial charge in [-0.25, -0.2) is 0 Å². The lowest BCUT2D eigenvalue weighted by Crippen LogP contribution is -2.45. The molecule has 0 spiro atoms. The monoisotopic (exact) mass is 283 g/mol. The summed E-state index contributed by atoms with van der Waals surface area (Å²) >= 11 is 1.84. The molecular formula is C13H21N3O2S. The van der Waals surface area contributed by atoms with Gasteiger partial charge in [0.15, 0.2) is 0 Å². The summed E-state index contributed by atoms with van der Waals surface area (Å²) in [4.78, 5) is 12.0. The summed E-state index contributed by atoms with van der Waals surface area (Å²) in [6, 6.07) is 1.76. The van der Waals surface area contributed by atoms with Crippen molar-refractivity contribution in [3.05, 3.63) is 17.5 Å². The van der Waals surface area contributed by atoms with Crippen molar-refractivity contribution in [1.82, 2.24) is 15.5 Å². The van der Waals surface area contributed by atoms with E-state index in [9.17, 15) is 9.90 Å². The number of carbonyl (C=O) groups excluding carboxylic acids is 1. The number of amides is 1. The standard InChI is InChI=1S/C13H21N3O2S/c1-9(2)10-7-11(16-15-10)12(17)14-8-13(18)3-5-19-6-4-13/h7,9,18H,3-6,8H2,1-2H3,(H,14,17)(H,15,16). The Kier molecular flexibility index (Phi) is 4.52. The van der Waals surface area contributed by atoms with E-state index in [1.165, 1.54) is 0 Å². The first-order valence-corrected chi connectivity index (χ1v) is 7.79. The van der Waals surface area contributed by atoms with Crippen molar-refractivity contribution in [3.8, 4) is 0 Å². The highest BCUT2D eigenvalue weighted by molar-refractivity contribution is 7.99. The molecule has 5 nitrogen and oxygen atoms in total. The van der Waals surface area contributed by atoms with E-state index < -0.39 is 5.60 Å². The van der Waals surface area contributed by atoms with Crippen LogP contribution in [0.5, 0.6) is 0 Å². The smallest absolute Gasteiger partial charge is 0.271 e. The molecule has 1 saturated heterocycles. The van der Waals surface area contributed by atoms with Gasteiger partial charge < -0.3 is 10.4 Å². The SMILES string of the molecule is CC(C)c1cc(C(=O)NCC2(O)CCSCC2)n[nH]1. The van der Waals surface area contributed by atoms with Gasteiger partial charge in [0.2, 0.25) is 0 Å². The molecule has 1 amide bonds. The maximum atomic E-state index is 12.0. The van der Waals surface area contributed by atoms with Crippen LogP contribution in [0.2, 0.25) is 0 Å². The van der Waals surface area contributed by atoms with Gasteiger partial charge in [-0.1, -0.05) is 13.8 Å². The maximum Gasteiger partial charge on any atom is 0.271 e. The second-order valence-corrected chi connectivity index (χ2v) is 6.61. The zero-order valence-corrected chi connectivity index (χ0v) is 12.2. The molecule has 0 bridgehead atoms. The zero-order valence-electron chi connectivity index (χ0n) is 11.4. The minimum Gasteiger partial charge on any atom is -0.388 e. The van der Waals surface area contributed by atoms with E-state index in [1.807, 2.05) is 25.6 Å². The molecule has 1 aromatic rings. The molecule has 0 saturated carbocycles. The quantitative estimate of drug-likeness (QED) is 0.783. The molecule has 1 fully saturated rings. The van der Waals surface area contributed by atoms with Crippen LogP contribution in [-0.4, -0.2) is 44.9 Å². The van der Waals surface area contributed by atoms with E-state index in [1.54, 1.807) is 6.07 Å². The van der Waals surface area contributed by atoms with E-state index in [-0.39, 0.29) is 5.91 Å². The van der Waals surface area contributed by atoms with Crippen molar-refractivity contribution < 1.29 is 9.90 Å². The number of aliphatic hydroxyl groups is 1. The molecule has 19 heavy (non-hydrogen) atoms. The predicted octanol–water partition coefficient (Wildman–Crippen LogP) is 1.52. The normalized spacial score (nSPS) is 18.5. The van der Waals surface area contributed by atoms with Crippen LogP contribution in [0.4, 0.5) is 0 Å². The van der Waals surface area contributed by atoms with Crippen LogP contribution >= 0.6 is 11.8 Å². The first-order valence-electron chi connectivity index (χ1n) is 6.64. The van der Waals surface area contributed by atoms with E-state index in [0.717, 1.165) is 30.0 Å². The number of aromatic amines is 1. The minimum absolute atomic E-state index is 0.227. The maximum absolute atomic E-state index is 12.0. The van der Waals surface area contributed by atoms with Crippen LogP contribution in [0.25, 0.3) is 0 Å². The average Bonchev–Trinajstić information content (AvgIpc) is 2.87. The van der Waals surface area contributed by atoms with Gasteiger partial charge in [0.25, 0.3) is 5.91 Å². The first-order chi connectivity index (χ1) is 9.00. The lowest BCUT2D eigenvalue weighted by atomic mass is 9.97. The van der Waals surface area contributed by atoms with Gasteiger partial charge in [-0.15, -0.1) is 0 Å². The Morgan fingerprint density at radius 1 is 1.58 bits per heavy atom. The number of carbonyl (C=O) groups is 1. The van der Waals surface area contributed by atoms with Gasteiger partial charge in [-0.05, 0) is 36.3 Å². The third-order valence-corrected chi connectivity index (χ3v) is 4.44. The Morgan fingerprint density at radius 2 is 2.26 bits per heavy atom. The second-order valence-electron chi connectivity index (χ2n) is 5.38. The summed E-state index contributed by atoms with van der Waals surface area (Å²) in [7, 11) is 0. The summed E-state index contributed by atoms with van der Waals surface area (Å²) < 4.78 is 0. The molecule has 2 heterocycles. The highest BCUT2D eigenvalue weighted by Gasteiger charge is 2.30. The Bertz CT molecular complexity index is 439. The number of aromatic nitrogens is 2. The van der Waals surface area contributed by atoms with Crippen LogP contribution < -0.4 is 5.32 Å². The summed E-state index contributed by atoms with van der Waals surface area (Å²) in [6.45, 7) is 4.38. The number of hydrogen-bond donors (Lipinski definition) is 3. The van der Waals surface area contributed by atoms with E-state index in [0.29, 0.717) is 18.2 Å². The minimum atomic E-state index is -0.752. The molecule has 0 unspecified atom stereocenters. The molecular weight excluding hydrogens is 262 g/mol. The van der Waals surface area contributed by atoms with Crippen LogP contribution in [0, 0.1) is 0 Å². The summed E-state index contributed by atoms with van der Waals surface area (Å²) in [5.74, 6) is 1.99. The van der Waals surface area contributed by atoms with Gasteiger partial charge in [0.1, 0.15) is 5.69 Å². The largest absolute Gasteiger partial charge is 0.388 e. The molecule has 2 rings (SSSR count). The van der Waals surface area contributed by atoms with Gasteiger partial charge in [0, 0.05) is 12.2 Å². The van der Waals surface area contributed by atoms with Crippen molar-refractivity contribution in [2.75, 3.05) is 18.1 Å². The van der Waals surface area contributed by atoms with Gasteiger partial charge >= 0.3 is 0 Å². The van der Waals surface area contributed by atoms with Gasteiger partial charge in [-0.3, -0.25) is 9.89 Å². The molecule has 0 atom stereocenters. The lowest BCUT2D eigenvalue weighted by Gasteiger charge is -2.31. The molecule has 0 aromatic carbocycles.